The normalized spacial score (nSPS) is 16.4. The van der Waals surface area contributed by atoms with Crippen LogP contribution in [-0.4, -0.2) is 28.6 Å². The summed E-state index contributed by atoms with van der Waals surface area (Å²) >= 11 is 0. The molecule has 1 atom stereocenters. The van der Waals surface area contributed by atoms with Gasteiger partial charge in [-0.25, -0.2) is 0 Å². The molecule has 0 radical (unpaired) electrons. The molecule has 5 nitrogen and oxygen atoms in total. The zero-order valence-corrected chi connectivity index (χ0v) is 10.6. The number of amides is 1. The van der Waals surface area contributed by atoms with Crippen LogP contribution in [0.1, 0.15) is 34.5 Å². The van der Waals surface area contributed by atoms with Gasteiger partial charge in [-0.15, -0.1) is 0 Å². The third kappa shape index (κ3) is 2.79. The molecule has 98 valence electrons. The second-order valence-electron chi connectivity index (χ2n) is 4.95. The summed E-state index contributed by atoms with van der Waals surface area (Å²) in [5.41, 5.74) is 1.12. The minimum atomic E-state index is -0.501. The Morgan fingerprint density at radius 1 is 1.56 bits per heavy atom. The van der Waals surface area contributed by atoms with Gasteiger partial charge in [-0.2, -0.15) is 0 Å². The fraction of sp³-hybridized carbons (Fsp3) is 0.538. The van der Waals surface area contributed by atoms with E-state index in [9.17, 15) is 14.7 Å². The number of carbonyl (C=O) groups excluding carboxylic acids is 1. The molecule has 1 fully saturated rings. The van der Waals surface area contributed by atoms with Crippen molar-refractivity contribution in [3.63, 3.8) is 0 Å². The number of aromatic nitrogens is 1. The number of aryl methyl sites for hydroxylation is 2. The van der Waals surface area contributed by atoms with E-state index in [0.29, 0.717) is 11.5 Å². The highest BCUT2D eigenvalue weighted by Crippen LogP contribution is 2.32. The van der Waals surface area contributed by atoms with E-state index in [4.69, 9.17) is 0 Å². The van der Waals surface area contributed by atoms with Crippen molar-refractivity contribution in [2.45, 2.75) is 32.8 Å². The van der Waals surface area contributed by atoms with Gasteiger partial charge in [0, 0.05) is 12.2 Å². The van der Waals surface area contributed by atoms with Crippen molar-refractivity contribution in [3.05, 3.63) is 33.2 Å². The Hall–Kier alpha value is -1.62. The van der Waals surface area contributed by atoms with Crippen LogP contribution in [-0.2, 0) is 0 Å². The molecule has 0 bridgehead atoms. The summed E-state index contributed by atoms with van der Waals surface area (Å²) < 4.78 is 0. The Morgan fingerprint density at radius 3 is 2.78 bits per heavy atom. The Balaban J connectivity index is 2.06. The summed E-state index contributed by atoms with van der Waals surface area (Å²) in [4.78, 5) is 26.2. The average Bonchev–Trinajstić information content (AvgIpc) is 3.07. The van der Waals surface area contributed by atoms with Crippen LogP contribution in [0, 0.1) is 19.8 Å². The second kappa shape index (κ2) is 4.94. The number of hydrogen-bond donors (Lipinski definition) is 3. The first-order valence-electron chi connectivity index (χ1n) is 6.16. The van der Waals surface area contributed by atoms with Crippen molar-refractivity contribution < 1.29 is 9.90 Å². The van der Waals surface area contributed by atoms with Gasteiger partial charge in [0.2, 0.25) is 0 Å². The molecule has 1 aliphatic carbocycles. The predicted octanol–water partition coefficient (Wildman–Crippen LogP) is 0.492. The summed E-state index contributed by atoms with van der Waals surface area (Å²) in [6, 6.07) is 1.76. The number of aromatic amines is 1. The molecule has 0 saturated heterocycles. The molecule has 1 heterocycles. The lowest BCUT2D eigenvalue weighted by Crippen LogP contribution is -2.36. The number of hydrogen-bond acceptors (Lipinski definition) is 3. The van der Waals surface area contributed by atoms with Crippen LogP contribution in [0.2, 0.25) is 0 Å². The van der Waals surface area contributed by atoms with Gasteiger partial charge in [0.25, 0.3) is 11.5 Å². The largest absolute Gasteiger partial charge is 0.391 e. The van der Waals surface area contributed by atoms with Crippen LogP contribution in [0.3, 0.4) is 0 Å². The van der Waals surface area contributed by atoms with Crippen LogP contribution >= 0.6 is 0 Å². The fourth-order valence-electron chi connectivity index (χ4n) is 2.07. The molecule has 0 aliphatic heterocycles. The van der Waals surface area contributed by atoms with Crippen molar-refractivity contribution in [3.8, 4) is 0 Å². The summed E-state index contributed by atoms with van der Waals surface area (Å²) in [6.07, 6.45) is 1.53. The highest BCUT2D eigenvalue weighted by atomic mass is 16.3. The summed E-state index contributed by atoms with van der Waals surface area (Å²) in [6.45, 7) is 3.71. The molecular formula is C13H18N2O3. The molecule has 0 spiro atoms. The number of rotatable bonds is 4. The van der Waals surface area contributed by atoms with Crippen molar-refractivity contribution in [1.82, 2.24) is 10.3 Å². The summed E-state index contributed by atoms with van der Waals surface area (Å²) in [5.74, 6) is -0.115. The van der Waals surface area contributed by atoms with Crippen LogP contribution in [0.5, 0.6) is 0 Å². The maximum absolute atomic E-state index is 11.9. The molecular weight excluding hydrogens is 232 g/mol. The van der Waals surface area contributed by atoms with Gasteiger partial charge >= 0.3 is 0 Å². The maximum atomic E-state index is 11.9. The zero-order valence-electron chi connectivity index (χ0n) is 10.6. The lowest BCUT2D eigenvalue weighted by Gasteiger charge is -2.11. The summed E-state index contributed by atoms with van der Waals surface area (Å²) in [5, 5.41) is 12.3. The van der Waals surface area contributed by atoms with E-state index >= 15 is 0 Å². The Labute approximate surface area is 105 Å². The van der Waals surface area contributed by atoms with Crippen LogP contribution in [0.4, 0.5) is 0 Å². The van der Waals surface area contributed by atoms with Gasteiger partial charge < -0.3 is 15.4 Å². The average molecular weight is 250 g/mol. The number of H-pyrrole nitrogens is 1. The third-order valence-electron chi connectivity index (χ3n) is 3.23. The van der Waals surface area contributed by atoms with Crippen LogP contribution in [0.15, 0.2) is 10.9 Å². The van der Waals surface area contributed by atoms with Gasteiger partial charge in [0.05, 0.1) is 6.10 Å². The molecule has 2 rings (SSSR count). The zero-order chi connectivity index (χ0) is 13.3. The van der Waals surface area contributed by atoms with E-state index in [1.165, 1.54) is 0 Å². The number of carbonyl (C=O) groups is 1. The number of nitrogens with one attached hydrogen (secondary N) is 2. The Kier molecular flexibility index (Phi) is 3.52. The fourth-order valence-corrected chi connectivity index (χ4v) is 2.07. The lowest BCUT2D eigenvalue weighted by atomic mass is 10.1. The smallest absolute Gasteiger partial charge is 0.261 e. The minimum absolute atomic E-state index is 0.128. The first-order chi connectivity index (χ1) is 8.49. The molecule has 5 heteroatoms. The maximum Gasteiger partial charge on any atom is 0.261 e. The van der Waals surface area contributed by atoms with Gasteiger partial charge in [-0.3, -0.25) is 9.59 Å². The Morgan fingerprint density at radius 2 is 2.22 bits per heavy atom. The van der Waals surface area contributed by atoms with Gasteiger partial charge in [0.15, 0.2) is 0 Å². The number of pyridine rings is 1. The van der Waals surface area contributed by atoms with E-state index < -0.39 is 12.0 Å². The van der Waals surface area contributed by atoms with E-state index in [1.54, 1.807) is 19.9 Å². The monoisotopic (exact) mass is 250 g/mol. The SMILES string of the molecule is Cc1cc(C)c(C(=O)NCC(O)C2CC2)c(=O)[nH]1. The standard InChI is InChI=1S/C13H18N2O3/c1-7-5-8(2)15-13(18)11(7)12(17)14-6-10(16)9-3-4-9/h5,9-10,16H,3-4,6H2,1-2H3,(H,14,17)(H,15,18). The molecule has 0 aromatic carbocycles. The van der Waals surface area contributed by atoms with Gasteiger partial charge in [-0.05, 0) is 44.2 Å². The molecule has 1 unspecified atom stereocenters. The van der Waals surface area contributed by atoms with Crippen molar-refractivity contribution in [2.75, 3.05) is 6.54 Å². The molecule has 18 heavy (non-hydrogen) atoms. The van der Waals surface area contributed by atoms with Crippen molar-refractivity contribution >= 4 is 5.91 Å². The highest BCUT2D eigenvalue weighted by Gasteiger charge is 2.30. The Bertz CT molecular complexity index is 517. The first kappa shape index (κ1) is 12.8. The molecule has 1 aromatic heterocycles. The molecule has 1 saturated carbocycles. The quantitative estimate of drug-likeness (QED) is 0.727. The molecule has 1 amide bonds. The first-order valence-corrected chi connectivity index (χ1v) is 6.16. The molecule has 1 aliphatic rings. The van der Waals surface area contributed by atoms with E-state index in [-0.39, 0.29) is 17.7 Å². The second-order valence-corrected chi connectivity index (χ2v) is 4.95. The molecule has 1 aromatic rings. The topological polar surface area (TPSA) is 82.2 Å². The van der Waals surface area contributed by atoms with E-state index in [0.717, 1.165) is 18.5 Å². The van der Waals surface area contributed by atoms with Gasteiger partial charge in [-0.1, -0.05) is 0 Å². The van der Waals surface area contributed by atoms with Gasteiger partial charge in [0.1, 0.15) is 5.56 Å². The minimum Gasteiger partial charge on any atom is -0.391 e. The van der Waals surface area contributed by atoms with E-state index in [2.05, 4.69) is 10.3 Å². The van der Waals surface area contributed by atoms with Crippen LogP contribution < -0.4 is 10.9 Å². The predicted molar refractivity (Wildman–Crippen MR) is 67.6 cm³/mol. The number of aliphatic hydroxyl groups is 1. The third-order valence-corrected chi connectivity index (χ3v) is 3.23. The van der Waals surface area contributed by atoms with E-state index in [1.807, 2.05) is 0 Å². The van der Waals surface area contributed by atoms with Crippen LogP contribution in [0.25, 0.3) is 0 Å². The van der Waals surface area contributed by atoms with Crippen molar-refractivity contribution in [1.29, 1.82) is 0 Å². The number of aliphatic hydroxyl groups excluding tert-OH is 1. The molecule has 3 N–H and O–H groups in total. The van der Waals surface area contributed by atoms with Crippen molar-refractivity contribution in [2.24, 2.45) is 5.92 Å². The summed E-state index contributed by atoms with van der Waals surface area (Å²) in [7, 11) is 0. The lowest BCUT2D eigenvalue weighted by molar-refractivity contribution is 0.0899. The highest BCUT2D eigenvalue weighted by molar-refractivity contribution is 5.95.